The fourth-order valence-electron chi connectivity index (χ4n) is 2.87. The Bertz CT molecular complexity index is 668. The van der Waals surface area contributed by atoms with Crippen LogP contribution in [0.25, 0.3) is 9.88 Å². The summed E-state index contributed by atoms with van der Waals surface area (Å²) >= 11 is 8.99. The molecule has 3 N–H and O–H groups in total. The zero-order valence-corrected chi connectivity index (χ0v) is 16.9. The van der Waals surface area contributed by atoms with Crippen LogP contribution >= 0.6 is 59.1 Å². The highest BCUT2D eigenvalue weighted by Gasteiger charge is 2.33. The highest BCUT2D eigenvalue weighted by Crippen LogP contribution is 2.33. The van der Waals surface area contributed by atoms with Crippen molar-refractivity contribution in [1.82, 2.24) is 10.3 Å². The van der Waals surface area contributed by atoms with Gasteiger partial charge < -0.3 is 11.1 Å². The first kappa shape index (κ1) is 21.7. The summed E-state index contributed by atoms with van der Waals surface area (Å²) in [6.07, 6.45) is 4.53. The number of thiazole rings is 1. The molecule has 3 rings (SSSR count). The fourth-order valence-corrected chi connectivity index (χ4v) is 4.80. The van der Waals surface area contributed by atoms with Crippen LogP contribution in [0, 0.1) is 0 Å². The van der Waals surface area contributed by atoms with Crippen molar-refractivity contribution in [1.29, 1.82) is 0 Å². The molecule has 0 radical (unpaired) electrons. The van der Waals surface area contributed by atoms with Gasteiger partial charge in [0.1, 0.15) is 5.01 Å². The molecule has 0 saturated heterocycles. The van der Waals surface area contributed by atoms with E-state index < -0.39 is 0 Å². The Morgan fingerprint density at radius 2 is 2.04 bits per heavy atom. The Kier molecular flexibility index (Phi) is 8.45. The number of halogens is 3. The molecule has 0 aromatic carbocycles. The molecule has 24 heavy (non-hydrogen) atoms. The van der Waals surface area contributed by atoms with Gasteiger partial charge in [-0.15, -0.1) is 47.5 Å². The lowest BCUT2D eigenvalue weighted by atomic mass is 9.97. The van der Waals surface area contributed by atoms with Crippen molar-refractivity contribution < 1.29 is 4.79 Å². The molecule has 0 unspecified atom stereocenters. The Morgan fingerprint density at radius 3 is 2.62 bits per heavy atom. The third-order valence-corrected chi connectivity index (χ3v) is 6.32. The number of carbonyl (C=O) groups excluding carboxylic acids is 1. The number of carbonyl (C=O) groups is 1. The molecule has 2 aromatic heterocycles. The molecule has 0 spiro atoms. The number of hydrogen-bond acceptors (Lipinski definition) is 5. The predicted octanol–water partition coefficient (Wildman–Crippen LogP) is 4.30. The number of nitrogens with two attached hydrogens (primary N) is 1. The predicted molar refractivity (Wildman–Crippen MR) is 107 cm³/mol. The van der Waals surface area contributed by atoms with E-state index >= 15 is 0 Å². The SMILES string of the molecule is Cl.Cl.NCC1(NC(=O)Cc2csc(-c3ccc(Cl)s3)n2)CCCC1. The van der Waals surface area contributed by atoms with Crippen molar-refractivity contribution in [2.24, 2.45) is 5.73 Å². The molecular formula is C15H20Cl3N3OS2. The van der Waals surface area contributed by atoms with Crippen molar-refractivity contribution in [2.75, 3.05) is 6.54 Å². The quantitative estimate of drug-likeness (QED) is 0.746. The zero-order valence-electron chi connectivity index (χ0n) is 12.9. The van der Waals surface area contributed by atoms with E-state index in [0.717, 1.165) is 45.6 Å². The third-order valence-electron chi connectivity index (χ3n) is 4.03. The molecule has 1 aliphatic carbocycles. The lowest BCUT2D eigenvalue weighted by Crippen LogP contribution is -2.52. The molecule has 4 nitrogen and oxygen atoms in total. The minimum atomic E-state index is -0.197. The van der Waals surface area contributed by atoms with Crippen LogP contribution in [0.1, 0.15) is 31.4 Å². The molecule has 134 valence electrons. The first-order chi connectivity index (χ1) is 10.6. The second-order valence-corrected chi connectivity index (χ2v) is 8.24. The molecular weight excluding hydrogens is 409 g/mol. The van der Waals surface area contributed by atoms with E-state index in [1.54, 1.807) is 11.3 Å². The standard InChI is InChI=1S/C15H18ClN3OS2.2ClH/c16-12-4-3-11(22-12)14-18-10(8-21-14)7-13(20)19-15(9-17)5-1-2-6-15;;/h3-4,8H,1-2,5-7,9,17H2,(H,19,20);2*1H. The van der Waals surface area contributed by atoms with E-state index in [9.17, 15) is 4.79 Å². The van der Waals surface area contributed by atoms with E-state index in [2.05, 4.69) is 10.3 Å². The lowest BCUT2D eigenvalue weighted by Gasteiger charge is -2.28. The normalized spacial score (nSPS) is 15.4. The number of amides is 1. The summed E-state index contributed by atoms with van der Waals surface area (Å²) in [6, 6.07) is 3.82. The number of hydrogen-bond donors (Lipinski definition) is 2. The van der Waals surface area contributed by atoms with E-state index in [1.807, 2.05) is 17.5 Å². The van der Waals surface area contributed by atoms with E-state index in [-0.39, 0.29) is 36.3 Å². The van der Waals surface area contributed by atoms with Crippen LogP contribution in [-0.2, 0) is 11.2 Å². The molecule has 1 amide bonds. The number of rotatable bonds is 5. The van der Waals surface area contributed by atoms with Gasteiger partial charge >= 0.3 is 0 Å². The molecule has 9 heteroatoms. The second kappa shape index (κ2) is 9.36. The third kappa shape index (κ3) is 5.07. The molecule has 1 aliphatic rings. The molecule has 1 saturated carbocycles. The van der Waals surface area contributed by atoms with Crippen LogP contribution in [-0.4, -0.2) is 23.0 Å². The van der Waals surface area contributed by atoms with Gasteiger partial charge in [-0.1, -0.05) is 24.4 Å². The van der Waals surface area contributed by atoms with Crippen LogP contribution in [0.3, 0.4) is 0 Å². The van der Waals surface area contributed by atoms with Crippen LogP contribution in [0.5, 0.6) is 0 Å². The van der Waals surface area contributed by atoms with Gasteiger partial charge in [0.25, 0.3) is 0 Å². The summed E-state index contributed by atoms with van der Waals surface area (Å²) in [6.45, 7) is 0.509. The minimum absolute atomic E-state index is 0. The van der Waals surface area contributed by atoms with Gasteiger partial charge in [0.05, 0.1) is 26.9 Å². The highest BCUT2D eigenvalue weighted by atomic mass is 35.5. The highest BCUT2D eigenvalue weighted by molar-refractivity contribution is 7.23. The number of nitrogens with zero attached hydrogens (tertiary/aromatic N) is 1. The summed E-state index contributed by atoms with van der Waals surface area (Å²) in [5.41, 5.74) is 6.45. The van der Waals surface area contributed by atoms with Gasteiger partial charge in [0.2, 0.25) is 5.91 Å². The molecule has 2 heterocycles. The van der Waals surface area contributed by atoms with Crippen molar-refractivity contribution in [2.45, 2.75) is 37.6 Å². The molecule has 0 atom stereocenters. The first-order valence-electron chi connectivity index (χ1n) is 7.31. The number of nitrogens with one attached hydrogen (secondary N) is 1. The Hall–Kier alpha value is -0.370. The van der Waals surface area contributed by atoms with E-state index in [0.29, 0.717) is 13.0 Å². The first-order valence-corrected chi connectivity index (χ1v) is 9.39. The topological polar surface area (TPSA) is 68.0 Å². The summed E-state index contributed by atoms with van der Waals surface area (Å²) in [5.74, 6) is 0.00779. The summed E-state index contributed by atoms with van der Waals surface area (Å²) in [7, 11) is 0. The van der Waals surface area contributed by atoms with Gasteiger partial charge in [0.15, 0.2) is 0 Å². The Labute approximate surface area is 167 Å². The van der Waals surface area contributed by atoms with Crippen LogP contribution in [0.15, 0.2) is 17.5 Å². The van der Waals surface area contributed by atoms with Crippen LogP contribution in [0.2, 0.25) is 4.34 Å². The van der Waals surface area contributed by atoms with Crippen LogP contribution < -0.4 is 11.1 Å². The van der Waals surface area contributed by atoms with E-state index in [4.69, 9.17) is 17.3 Å². The van der Waals surface area contributed by atoms with Gasteiger partial charge in [-0.25, -0.2) is 4.98 Å². The van der Waals surface area contributed by atoms with E-state index in [1.165, 1.54) is 11.3 Å². The molecule has 1 fully saturated rings. The zero-order chi connectivity index (χ0) is 15.6. The second-order valence-electron chi connectivity index (χ2n) is 5.66. The van der Waals surface area contributed by atoms with Crippen molar-refractivity contribution in [3.63, 3.8) is 0 Å². The monoisotopic (exact) mass is 427 g/mol. The summed E-state index contributed by atoms with van der Waals surface area (Å²) in [4.78, 5) is 17.8. The lowest BCUT2D eigenvalue weighted by molar-refractivity contribution is -0.122. The average molecular weight is 429 g/mol. The van der Waals surface area contributed by atoms with Gasteiger partial charge in [-0.3, -0.25) is 4.79 Å². The molecule has 2 aromatic rings. The number of thiophene rings is 1. The maximum atomic E-state index is 12.3. The summed E-state index contributed by atoms with van der Waals surface area (Å²) < 4.78 is 0.746. The molecule has 0 bridgehead atoms. The minimum Gasteiger partial charge on any atom is -0.349 e. The van der Waals surface area contributed by atoms with Gasteiger partial charge in [-0.05, 0) is 25.0 Å². The molecule has 0 aliphatic heterocycles. The largest absolute Gasteiger partial charge is 0.349 e. The Morgan fingerprint density at radius 1 is 1.33 bits per heavy atom. The number of aromatic nitrogens is 1. The summed E-state index contributed by atoms with van der Waals surface area (Å²) in [5, 5.41) is 5.97. The van der Waals surface area contributed by atoms with Crippen molar-refractivity contribution in [3.8, 4) is 9.88 Å². The fraction of sp³-hybridized carbons (Fsp3) is 0.467. The average Bonchev–Trinajstić information content (AvgIpc) is 3.20. The smallest absolute Gasteiger partial charge is 0.226 e. The van der Waals surface area contributed by atoms with Crippen molar-refractivity contribution >= 4 is 65.0 Å². The van der Waals surface area contributed by atoms with Crippen LogP contribution in [0.4, 0.5) is 0 Å². The van der Waals surface area contributed by atoms with Gasteiger partial charge in [0, 0.05) is 11.9 Å². The van der Waals surface area contributed by atoms with Gasteiger partial charge in [-0.2, -0.15) is 0 Å². The maximum absolute atomic E-state index is 12.3. The Balaban J connectivity index is 0.00000144. The van der Waals surface area contributed by atoms with Crippen molar-refractivity contribution in [3.05, 3.63) is 27.5 Å². The maximum Gasteiger partial charge on any atom is 0.226 e.